The smallest absolute Gasteiger partial charge is 0.357 e. The highest BCUT2D eigenvalue weighted by Gasteiger charge is 2.16. The summed E-state index contributed by atoms with van der Waals surface area (Å²) in [5.74, 6) is -0.416. The number of rotatable bonds is 5. The van der Waals surface area contributed by atoms with E-state index in [-0.39, 0.29) is 6.61 Å². The van der Waals surface area contributed by atoms with Crippen LogP contribution in [0.15, 0.2) is 97.2 Å². The average molecular weight is 392 g/mol. The maximum atomic E-state index is 12.6. The highest BCUT2D eigenvalue weighted by molar-refractivity contribution is 6.09. The molecule has 0 spiro atoms. The van der Waals surface area contributed by atoms with Crippen molar-refractivity contribution in [3.63, 3.8) is 0 Å². The molecule has 4 nitrogen and oxygen atoms in total. The van der Waals surface area contributed by atoms with Gasteiger partial charge in [0, 0.05) is 22.8 Å². The number of hydrogen-bond acceptors (Lipinski definition) is 3. The number of ether oxygens (including phenoxy) is 1. The van der Waals surface area contributed by atoms with Crippen LogP contribution in [0.4, 0.5) is 0 Å². The van der Waals surface area contributed by atoms with Crippen molar-refractivity contribution in [2.75, 3.05) is 0 Å². The Morgan fingerprint density at radius 2 is 1.43 bits per heavy atom. The first kappa shape index (κ1) is 18.1. The van der Waals surface area contributed by atoms with Gasteiger partial charge in [-0.2, -0.15) is 0 Å². The number of para-hydroxylation sites is 1. The number of nitrogens with zero attached hydrogens (tertiary/aromatic N) is 2. The molecule has 2 aromatic heterocycles. The second kappa shape index (κ2) is 7.84. The van der Waals surface area contributed by atoms with E-state index in [1.54, 1.807) is 6.20 Å². The molecule has 0 bridgehead atoms. The molecule has 0 radical (unpaired) electrons. The van der Waals surface area contributed by atoms with Crippen molar-refractivity contribution in [1.82, 2.24) is 9.55 Å². The van der Waals surface area contributed by atoms with Crippen molar-refractivity contribution in [3.05, 3.63) is 114 Å². The summed E-state index contributed by atoms with van der Waals surface area (Å²) in [4.78, 5) is 17.0. The second-order valence-corrected chi connectivity index (χ2v) is 7.24. The predicted molar refractivity (Wildman–Crippen MR) is 118 cm³/mol. The summed E-state index contributed by atoms with van der Waals surface area (Å²) < 4.78 is 7.71. The Hall–Kier alpha value is -3.92. The molecule has 5 aromatic rings. The molecule has 30 heavy (non-hydrogen) atoms. The van der Waals surface area contributed by atoms with Crippen molar-refractivity contribution >= 4 is 27.8 Å². The van der Waals surface area contributed by atoms with E-state index in [1.165, 1.54) is 5.56 Å². The summed E-state index contributed by atoms with van der Waals surface area (Å²) in [7, 11) is 0. The van der Waals surface area contributed by atoms with Crippen molar-refractivity contribution in [2.24, 2.45) is 0 Å². The molecule has 0 aliphatic rings. The minimum absolute atomic E-state index is 0.231. The van der Waals surface area contributed by atoms with E-state index < -0.39 is 5.97 Å². The first-order valence-electron chi connectivity index (χ1n) is 9.91. The van der Waals surface area contributed by atoms with Crippen molar-refractivity contribution in [1.29, 1.82) is 0 Å². The lowest BCUT2D eigenvalue weighted by Gasteiger charge is -2.08. The van der Waals surface area contributed by atoms with Gasteiger partial charge in [0.25, 0.3) is 0 Å². The van der Waals surface area contributed by atoms with E-state index in [2.05, 4.69) is 33.8 Å². The van der Waals surface area contributed by atoms with Gasteiger partial charge in [-0.3, -0.25) is 0 Å². The van der Waals surface area contributed by atoms with E-state index in [0.29, 0.717) is 5.69 Å². The molecule has 0 amide bonds. The lowest BCUT2D eigenvalue weighted by atomic mass is 10.1. The maximum Gasteiger partial charge on any atom is 0.357 e. The van der Waals surface area contributed by atoms with Crippen LogP contribution >= 0.6 is 0 Å². The maximum absolute atomic E-state index is 12.6. The number of pyridine rings is 1. The number of aromatic nitrogens is 2. The van der Waals surface area contributed by atoms with Gasteiger partial charge in [0.05, 0.1) is 11.7 Å². The van der Waals surface area contributed by atoms with Gasteiger partial charge in [0.1, 0.15) is 12.3 Å². The topological polar surface area (TPSA) is 44.1 Å². The standard InChI is InChI=1S/C26H20N2O2/c29-26(30-18-20-11-5-2-6-12-20)23-15-22-21-13-7-8-14-24(21)28(25(22)16-27-23)17-19-9-3-1-4-10-19/h1-16H,17-18H2. The summed E-state index contributed by atoms with van der Waals surface area (Å²) in [5.41, 5.74) is 4.60. The Morgan fingerprint density at radius 1 is 0.767 bits per heavy atom. The number of esters is 1. The minimum Gasteiger partial charge on any atom is -0.456 e. The van der Waals surface area contributed by atoms with Crippen molar-refractivity contribution < 1.29 is 9.53 Å². The first-order valence-corrected chi connectivity index (χ1v) is 9.91. The van der Waals surface area contributed by atoms with Gasteiger partial charge < -0.3 is 9.30 Å². The molecule has 4 heteroatoms. The number of benzene rings is 3. The van der Waals surface area contributed by atoms with Gasteiger partial charge in [0.2, 0.25) is 0 Å². The normalized spacial score (nSPS) is 11.1. The van der Waals surface area contributed by atoms with Gasteiger partial charge in [-0.15, -0.1) is 0 Å². The van der Waals surface area contributed by atoms with E-state index in [1.807, 2.05) is 66.7 Å². The van der Waals surface area contributed by atoms with Crippen LogP contribution in [-0.2, 0) is 17.9 Å². The van der Waals surface area contributed by atoms with Crippen LogP contribution in [0.3, 0.4) is 0 Å². The molecule has 5 rings (SSSR count). The van der Waals surface area contributed by atoms with Gasteiger partial charge in [-0.1, -0.05) is 78.9 Å². The van der Waals surface area contributed by atoms with Crippen molar-refractivity contribution in [2.45, 2.75) is 13.2 Å². The van der Waals surface area contributed by atoms with Crippen molar-refractivity contribution in [3.8, 4) is 0 Å². The van der Waals surface area contributed by atoms with Crippen LogP contribution in [-0.4, -0.2) is 15.5 Å². The monoisotopic (exact) mass is 392 g/mol. The zero-order chi connectivity index (χ0) is 20.3. The quantitative estimate of drug-likeness (QED) is 0.366. The fourth-order valence-corrected chi connectivity index (χ4v) is 3.79. The van der Waals surface area contributed by atoms with Crippen LogP contribution in [0, 0.1) is 0 Å². The summed E-state index contributed by atoms with van der Waals surface area (Å²) in [5, 5.41) is 2.10. The van der Waals surface area contributed by atoms with Crippen LogP contribution in [0.2, 0.25) is 0 Å². The number of hydrogen-bond donors (Lipinski definition) is 0. The second-order valence-electron chi connectivity index (χ2n) is 7.24. The highest BCUT2D eigenvalue weighted by atomic mass is 16.5. The largest absolute Gasteiger partial charge is 0.456 e. The molecule has 3 aromatic carbocycles. The minimum atomic E-state index is -0.416. The van der Waals surface area contributed by atoms with Gasteiger partial charge in [0.15, 0.2) is 0 Å². The number of carbonyl (C=O) groups excluding carboxylic acids is 1. The lowest BCUT2D eigenvalue weighted by Crippen LogP contribution is -2.07. The fraction of sp³-hybridized carbons (Fsp3) is 0.0769. The summed E-state index contributed by atoms with van der Waals surface area (Å²) in [6.45, 7) is 0.972. The average Bonchev–Trinajstić information content (AvgIpc) is 3.12. The Bertz CT molecular complexity index is 1330. The molecule has 146 valence electrons. The molecule has 0 aliphatic heterocycles. The molecule has 0 aliphatic carbocycles. The third-order valence-electron chi connectivity index (χ3n) is 5.26. The van der Waals surface area contributed by atoms with E-state index in [4.69, 9.17) is 4.74 Å². The Labute approximate surface area is 174 Å². The summed E-state index contributed by atoms with van der Waals surface area (Å²) in [6.07, 6.45) is 1.78. The molecule has 0 saturated carbocycles. The molecular weight excluding hydrogens is 372 g/mol. The van der Waals surface area contributed by atoms with E-state index in [0.717, 1.165) is 33.9 Å². The molecule has 0 unspecified atom stereocenters. The van der Waals surface area contributed by atoms with Gasteiger partial charge in [-0.25, -0.2) is 9.78 Å². The van der Waals surface area contributed by atoms with Crippen LogP contribution in [0.25, 0.3) is 21.8 Å². The van der Waals surface area contributed by atoms with E-state index in [9.17, 15) is 4.79 Å². The van der Waals surface area contributed by atoms with Gasteiger partial charge >= 0.3 is 5.97 Å². The fourth-order valence-electron chi connectivity index (χ4n) is 3.79. The molecule has 0 saturated heterocycles. The Morgan fingerprint density at radius 3 is 2.20 bits per heavy atom. The molecule has 0 N–H and O–H groups in total. The van der Waals surface area contributed by atoms with Gasteiger partial charge in [-0.05, 0) is 23.3 Å². The van der Waals surface area contributed by atoms with Crippen LogP contribution in [0.5, 0.6) is 0 Å². The predicted octanol–water partition coefficient (Wildman–Crippen LogP) is 5.59. The molecule has 0 fully saturated rings. The Balaban J connectivity index is 1.51. The molecular formula is C26H20N2O2. The Kier molecular flexibility index (Phi) is 4.74. The SMILES string of the molecule is O=C(OCc1ccccc1)c1cc2c3ccccc3n(Cc3ccccc3)c2cn1. The molecule has 2 heterocycles. The van der Waals surface area contributed by atoms with Crippen LogP contribution in [0.1, 0.15) is 21.6 Å². The summed E-state index contributed by atoms with van der Waals surface area (Å²) in [6, 6.07) is 30.1. The third-order valence-corrected chi connectivity index (χ3v) is 5.26. The van der Waals surface area contributed by atoms with E-state index >= 15 is 0 Å². The number of fused-ring (bicyclic) bond motifs is 3. The zero-order valence-corrected chi connectivity index (χ0v) is 16.4. The third kappa shape index (κ3) is 3.44. The van der Waals surface area contributed by atoms with Crippen LogP contribution < -0.4 is 0 Å². The number of carbonyl (C=O) groups is 1. The summed E-state index contributed by atoms with van der Waals surface area (Å²) >= 11 is 0. The highest BCUT2D eigenvalue weighted by Crippen LogP contribution is 2.30. The lowest BCUT2D eigenvalue weighted by molar-refractivity contribution is 0.0466. The first-order chi connectivity index (χ1) is 14.8. The molecule has 0 atom stereocenters. The zero-order valence-electron chi connectivity index (χ0n) is 16.4.